The van der Waals surface area contributed by atoms with Crippen LogP contribution in [0.25, 0.3) is 11.4 Å². The lowest BCUT2D eigenvalue weighted by Crippen LogP contribution is -2.18. The minimum atomic E-state index is -0.614. The minimum Gasteiger partial charge on any atom is -0.351 e. The monoisotopic (exact) mass is 220 g/mol. The maximum atomic E-state index is 10.6. The van der Waals surface area contributed by atoms with Crippen LogP contribution in [-0.2, 0) is 0 Å². The SMILES string of the molecule is NC(=O)Nc1nc(-c2ccccn2)cs1. The van der Waals surface area contributed by atoms with Gasteiger partial charge in [-0.3, -0.25) is 10.3 Å². The number of nitrogens with one attached hydrogen (secondary N) is 1. The van der Waals surface area contributed by atoms with Crippen LogP contribution in [0.4, 0.5) is 9.93 Å². The molecule has 3 N–H and O–H groups in total. The van der Waals surface area contributed by atoms with Crippen LogP contribution in [0.2, 0.25) is 0 Å². The van der Waals surface area contributed by atoms with E-state index in [1.165, 1.54) is 11.3 Å². The molecule has 0 spiro atoms. The fourth-order valence-corrected chi connectivity index (χ4v) is 1.78. The molecule has 2 heterocycles. The molecule has 0 aliphatic rings. The standard InChI is InChI=1S/C9H8N4OS/c10-8(14)13-9-12-7(5-15-9)6-3-1-2-4-11-6/h1-5H,(H3,10,12,13,14). The van der Waals surface area contributed by atoms with Crippen molar-refractivity contribution in [1.82, 2.24) is 9.97 Å². The van der Waals surface area contributed by atoms with E-state index < -0.39 is 6.03 Å². The van der Waals surface area contributed by atoms with Gasteiger partial charge in [-0.05, 0) is 12.1 Å². The first-order chi connectivity index (χ1) is 7.25. The molecule has 0 bridgehead atoms. The van der Waals surface area contributed by atoms with Crippen LogP contribution in [0.3, 0.4) is 0 Å². The van der Waals surface area contributed by atoms with Gasteiger partial charge in [0.1, 0.15) is 5.69 Å². The van der Waals surface area contributed by atoms with Crippen molar-refractivity contribution in [3.8, 4) is 11.4 Å². The molecular formula is C9H8N4OS. The Balaban J connectivity index is 2.24. The molecule has 0 aromatic carbocycles. The molecule has 0 aliphatic heterocycles. The fourth-order valence-electron chi connectivity index (χ4n) is 1.07. The zero-order valence-corrected chi connectivity index (χ0v) is 8.49. The average molecular weight is 220 g/mol. The molecule has 0 radical (unpaired) electrons. The number of hydrogen-bond acceptors (Lipinski definition) is 4. The number of amides is 2. The molecule has 0 aliphatic carbocycles. The second-order valence-corrected chi connectivity index (χ2v) is 3.60. The number of pyridine rings is 1. The number of nitrogens with zero attached hydrogens (tertiary/aromatic N) is 2. The van der Waals surface area contributed by atoms with Crippen LogP contribution < -0.4 is 11.1 Å². The van der Waals surface area contributed by atoms with Crippen LogP contribution in [0, 0.1) is 0 Å². The summed E-state index contributed by atoms with van der Waals surface area (Å²) in [5.41, 5.74) is 6.47. The first kappa shape index (κ1) is 9.60. The van der Waals surface area contributed by atoms with E-state index in [0.717, 1.165) is 11.4 Å². The summed E-state index contributed by atoms with van der Waals surface area (Å²) in [6.07, 6.45) is 1.69. The van der Waals surface area contributed by atoms with Crippen LogP contribution >= 0.6 is 11.3 Å². The molecule has 0 saturated heterocycles. The molecule has 0 unspecified atom stereocenters. The summed E-state index contributed by atoms with van der Waals surface area (Å²) in [6, 6.07) is 4.95. The second kappa shape index (κ2) is 4.05. The van der Waals surface area contributed by atoms with E-state index in [1.807, 2.05) is 23.6 Å². The maximum Gasteiger partial charge on any atom is 0.318 e. The van der Waals surface area contributed by atoms with E-state index in [9.17, 15) is 4.79 Å². The molecule has 15 heavy (non-hydrogen) atoms. The molecule has 0 atom stereocenters. The minimum absolute atomic E-state index is 0.475. The van der Waals surface area contributed by atoms with E-state index in [4.69, 9.17) is 5.73 Å². The Morgan fingerprint density at radius 3 is 2.93 bits per heavy atom. The lowest BCUT2D eigenvalue weighted by atomic mass is 10.3. The van der Waals surface area contributed by atoms with Gasteiger partial charge in [0.15, 0.2) is 5.13 Å². The van der Waals surface area contributed by atoms with Gasteiger partial charge in [-0.15, -0.1) is 11.3 Å². The Kier molecular flexibility index (Phi) is 2.59. The average Bonchev–Trinajstić information content (AvgIpc) is 2.67. The van der Waals surface area contributed by atoms with Crippen LogP contribution in [0.1, 0.15) is 0 Å². The number of primary amides is 1. The molecule has 2 amide bonds. The molecule has 0 fully saturated rings. The topological polar surface area (TPSA) is 80.9 Å². The lowest BCUT2D eigenvalue weighted by Gasteiger charge is -1.94. The molecule has 76 valence electrons. The van der Waals surface area contributed by atoms with E-state index in [-0.39, 0.29) is 0 Å². The van der Waals surface area contributed by atoms with Crippen molar-refractivity contribution < 1.29 is 4.79 Å². The number of nitrogens with two attached hydrogens (primary N) is 1. The van der Waals surface area contributed by atoms with Gasteiger partial charge in [-0.2, -0.15) is 0 Å². The third kappa shape index (κ3) is 2.29. The van der Waals surface area contributed by atoms with Crippen LogP contribution in [0.5, 0.6) is 0 Å². The Morgan fingerprint density at radius 1 is 1.40 bits per heavy atom. The van der Waals surface area contributed by atoms with Gasteiger partial charge in [0, 0.05) is 11.6 Å². The second-order valence-electron chi connectivity index (χ2n) is 2.74. The molecule has 2 aromatic heterocycles. The maximum absolute atomic E-state index is 10.6. The van der Waals surface area contributed by atoms with Crippen molar-refractivity contribution in [2.24, 2.45) is 5.73 Å². The molecule has 5 nitrogen and oxygen atoms in total. The molecule has 6 heteroatoms. The Hall–Kier alpha value is -1.95. The van der Waals surface area contributed by atoms with Gasteiger partial charge in [-0.1, -0.05) is 6.07 Å². The largest absolute Gasteiger partial charge is 0.351 e. The number of carbonyl (C=O) groups is 1. The summed E-state index contributed by atoms with van der Waals surface area (Å²) in [5, 5.41) is 4.70. The summed E-state index contributed by atoms with van der Waals surface area (Å²) in [5.74, 6) is 0. The molecular weight excluding hydrogens is 212 g/mol. The number of urea groups is 1. The third-order valence-electron chi connectivity index (χ3n) is 1.66. The van der Waals surface area contributed by atoms with Crippen molar-refractivity contribution in [3.63, 3.8) is 0 Å². The van der Waals surface area contributed by atoms with Gasteiger partial charge < -0.3 is 5.73 Å². The number of aromatic nitrogens is 2. The third-order valence-corrected chi connectivity index (χ3v) is 2.42. The fraction of sp³-hybridized carbons (Fsp3) is 0. The van der Waals surface area contributed by atoms with Crippen molar-refractivity contribution in [2.45, 2.75) is 0 Å². The number of carbonyl (C=O) groups excluding carboxylic acids is 1. The summed E-state index contributed by atoms with van der Waals surface area (Å²) >= 11 is 1.31. The predicted molar refractivity (Wildman–Crippen MR) is 58.6 cm³/mol. The summed E-state index contributed by atoms with van der Waals surface area (Å²) in [6.45, 7) is 0. The Labute approximate surface area is 90.0 Å². The highest BCUT2D eigenvalue weighted by Crippen LogP contribution is 2.22. The summed E-state index contributed by atoms with van der Waals surface area (Å²) in [4.78, 5) is 18.9. The molecule has 2 rings (SSSR count). The Bertz CT molecular complexity index is 468. The summed E-state index contributed by atoms with van der Waals surface area (Å²) in [7, 11) is 0. The zero-order valence-electron chi connectivity index (χ0n) is 7.68. The Morgan fingerprint density at radius 2 is 2.27 bits per heavy atom. The van der Waals surface area contributed by atoms with Gasteiger partial charge in [-0.25, -0.2) is 9.78 Å². The summed E-state index contributed by atoms with van der Waals surface area (Å²) < 4.78 is 0. The van der Waals surface area contributed by atoms with Gasteiger partial charge >= 0.3 is 6.03 Å². The van der Waals surface area contributed by atoms with Crippen molar-refractivity contribution in [2.75, 3.05) is 5.32 Å². The van der Waals surface area contributed by atoms with Crippen molar-refractivity contribution in [1.29, 1.82) is 0 Å². The predicted octanol–water partition coefficient (Wildman–Crippen LogP) is 1.70. The van der Waals surface area contributed by atoms with Crippen LogP contribution in [0.15, 0.2) is 29.8 Å². The van der Waals surface area contributed by atoms with E-state index in [1.54, 1.807) is 6.20 Å². The van der Waals surface area contributed by atoms with Gasteiger partial charge in [0.25, 0.3) is 0 Å². The molecule has 0 saturated carbocycles. The quantitative estimate of drug-likeness (QED) is 0.808. The first-order valence-corrected chi connectivity index (χ1v) is 5.07. The number of rotatable bonds is 2. The highest BCUT2D eigenvalue weighted by Gasteiger charge is 2.05. The smallest absolute Gasteiger partial charge is 0.318 e. The highest BCUT2D eigenvalue weighted by atomic mass is 32.1. The van der Waals surface area contributed by atoms with Gasteiger partial charge in [0.05, 0.1) is 5.69 Å². The van der Waals surface area contributed by atoms with E-state index in [2.05, 4.69) is 15.3 Å². The number of anilines is 1. The lowest BCUT2D eigenvalue weighted by molar-refractivity contribution is 0.259. The first-order valence-electron chi connectivity index (χ1n) is 4.19. The van der Waals surface area contributed by atoms with Gasteiger partial charge in [0.2, 0.25) is 0 Å². The number of thiazole rings is 1. The highest BCUT2D eigenvalue weighted by molar-refractivity contribution is 7.14. The van der Waals surface area contributed by atoms with Crippen LogP contribution in [-0.4, -0.2) is 16.0 Å². The molecule has 2 aromatic rings. The van der Waals surface area contributed by atoms with Crippen molar-refractivity contribution in [3.05, 3.63) is 29.8 Å². The van der Waals surface area contributed by atoms with E-state index >= 15 is 0 Å². The zero-order chi connectivity index (χ0) is 10.7. The normalized spacial score (nSPS) is 9.87. The van der Waals surface area contributed by atoms with E-state index in [0.29, 0.717) is 5.13 Å². The number of hydrogen-bond donors (Lipinski definition) is 2. The van der Waals surface area contributed by atoms with Crippen molar-refractivity contribution >= 4 is 22.5 Å².